The zero-order chi connectivity index (χ0) is 9.26. The topological polar surface area (TPSA) is 29.1 Å². The largest absolute Gasteiger partial charge is 0.353 e. The molecule has 0 bridgehead atoms. The molecule has 1 N–H and O–H groups in total. The van der Waals surface area contributed by atoms with Gasteiger partial charge in [-0.25, -0.2) is 0 Å². The Morgan fingerprint density at radius 2 is 1.92 bits per heavy atom. The lowest BCUT2D eigenvalue weighted by molar-refractivity contribution is -0.120. The fourth-order valence-corrected chi connectivity index (χ4v) is 3.17. The number of hydrogen-bond acceptors (Lipinski definition) is 1. The summed E-state index contributed by atoms with van der Waals surface area (Å²) in [6.45, 7) is 1.64. The van der Waals surface area contributed by atoms with Gasteiger partial charge >= 0.3 is 0 Å². The molecule has 0 aromatic heterocycles. The van der Waals surface area contributed by atoms with Crippen molar-refractivity contribution in [1.29, 1.82) is 0 Å². The molecule has 1 amide bonds. The van der Waals surface area contributed by atoms with Crippen LogP contribution in [0.2, 0.25) is 0 Å². The van der Waals surface area contributed by atoms with Gasteiger partial charge in [0.15, 0.2) is 0 Å². The van der Waals surface area contributed by atoms with Crippen LogP contribution in [0.3, 0.4) is 0 Å². The van der Waals surface area contributed by atoms with Crippen LogP contribution >= 0.6 is 0 Å². The molecule has 0 heterocycles. The number of hydrogen-bond donors (Lipinski definition) is 1. The molecule has 2 aliphatic rings. The Bertz CT molecular complexity index is 202. The molecule has 2 nitrogen and oxygen atoms in total. The van der Waals surface area contributed by atoms with Gasteiger partial charge in [0.2, 0.25) is 5.91 Å². The number of nitrogens with one attached hydrogen (secondary N) is 1. The van der Waals surface area contributed by atoms with E-state index in [-0.39, 0.29) is 5.91 Å². The van der Waals surface area contributed by atoms with Gasteiger partial charge in [0, 0.05) is 13.0 Å². The summed E-state index contributed by atoms with van der Waals surface area (Å²) in [5.74, 6) is 1.87. The number of amides is 1. The third kappa shape index (κ3) is 1.87. The first-order valence-electron chi connectivity index (χ1n) is 5.54. The molecule has 2 saturated carbocycles. The van der Waals surface area contributed by atoms with Crippen LogP contribution in [0.25, 0.3) is 0 Å². The molecule has 0 aromatic rings. The zero-order valence-corrected chi connectivity index (χ0v) is 8.38. The van der Waals surface area contributed by atoms with Crippen molar-refractivity contribution in [2.24, 2.45) is 11.8 Å². The van der Waals surface area contributed by atoms with Gasteiger partial charge < -0.3 is 5.32 Å². The van der Waals surface area contributed by atoms with E-state index in [0.717, 1.165) is 11.8 Å². The number of rotatable bonds is 1. The van der Waals surface area contributed by atoms with Crippen LogP contribution in [0.4, 0.5) is 0 Å². The molecule has 74 valence electrons. The van der Waals surface area contributed by atoms with Crippen molar-refractivity contribution < 1.29 is 4.79 Å². The molecule has 0 saturated heterocycles. The molecule has 13 heavy (non-hydrogen) atoms. The second kappa shape index (κ2) is 3.69. The number of carbonyl (C=O) groups excluding carboxylic acids is 1. The van der Waals surface area contributed by atoms with Gasteiger partial charge in [-0.15, -0.1) is 0 Å². The molecule has 0 aromatic carbocycles. The fraction of sp³-hybridized carbons (Fsp3) is 0.909. The average Bonchev–Trinajstić information content (AvgIpc) is 2.48. The normalized spacial score (nSPS) is 38.4. The van der Waals surface area contributed by atoms with E-state index >= 15 is 0 Å². The first-order valence-corrected chi connectivity index (χ1v) is 5.54. The summed E-state index contributed by atoms with van der Waals surface area (Å²) in [6, 6.07) is 0.503. The van der Waals surface area contributed by atoms with E-state index in [4.69, 9.17) is 0 Å². The maximum Gasteiger partial charge on any atom is 0.217 e. The van der Waals surface area contributed by atoms with Crippen LogP contribution in [-0.4, -0.2) is 11.9 Å². The highest BCUT2D eigenvalue weighted by molar-refractivity contribution is 5.73. The molecule has 0 spiro atoms. The first-order chi connectivity index (χ1) is 6.27. The molecule has 2 aliphatic carbocycles. The van der Waals surface area contributed by atoms with E-state index in [0.29, 0.717) is 6.04 Å². The molecule has 2 heteroatoms. The maximum absolute atomic E-state index is 11.0. The summed E-state index contributed by atoms with van der Waals surface area (Å²) in [7, 11) is 0. The Morgan fingerprint density at radius 3 is 2.69 bits per heavy atom. The highest BCUT2D eigenvalue weighted by Crippen LogP contribution is 2.42. The summed E-state index contributed by atoms with van der Waals surface area (Å²) in [4.78, 5) is 11.0. The van der Waals surface area contributed by atoms with Crippen LogP contribution in [0.1, 0.15) is 45.4 Å². The molecule has 2 rings (SSSR count). The van der Waals surface area contributed by atoms with Crippen molar-refractivity contribution in [3.8, 4) is 0 Å². The second-order valence-electron chi connectivity index (χ2n) is 4.59. The molecule has 0 unspecified atom stereocenters. The van der Waals surface area contributed by atoms with Crippen molar-refractivity contribution >= 4 is 5.91 Å². The standard InChI is InChI=1S/C11H19NO/c1-8(13)12-11-7-6-9-4-2-3-5-10(9)11/h9-11H,2-7H2,1H3,(H,12,13)/t9-,10+,11-/m1/s1. The van der Waals surface area contributed by atoms with Crippen LogP contribution < -0.4 is 5.32 Å². The van der Waals surface area contributed by atoms with Crippen molar-refractivity contribution in [2.45, 2.75) is 51.5 Å². The van der Waals surface area contributed by atoms with Gasteiger partial charge in [-0.1, -0.05) is 19.3 Å². The van der Waals surface area contributed by atoms with Gasteiger partial charge in [-0.3, -0.25) is 4.79 Å². The summed E-state index contributed by atoms with van der Waals surface area (Å²) in [6.07, 6.45) is 8.09. The van der Waals surface area contributed by atoms with Crippen LogP contribution in [0.5, 0.6) is 0 Å². The minimum absolute atomic E-state index is 0.149. The quantitative estimate of drug-likeness (QED) is 0.659. The third-order valence-electron chi connectivity index (χ3n) is 3.72. The van der Waals surface area contributed by atoms with Gasteiger partial charge in [0.05, 0.1) is 0 Å². The Kier molecular flexibility index (Phi) is 2.56. The Morgan fingerprint density at radius 1 is 1.15 bits per heavy atom. The number of carbonyl (C=O) groups is 1. The van der Waals surface area contributed by atoms with Crippen molar-refractivity contribution in [3.05, 3.63) is 0 Å². The lowest BCUT2D eigenvalue weighted by atomic mass is 9.80. The van der Waals surface area contributed by atoms with E-state index in [9.17, 15) is 4.79 Å². The predicted molar refractivity (Wildman–Crippen MR) is 52.3 cm³/mol. The average molecular weight is 181 g/mol. The SMILES string of the molecule is CC(=O)N[C@@H]1CC[C@H]2CCCC[C@@H]21. The molecule has 0 radical (unpaired) electrons. The minimum Gasteiger partial charge on any atom is -0.353 e. The first kappa shape index (κ1) is 9.04. The maximum atomic E-state index is 11.0. The van der Waals surface area contributed by atoms with Crippen molar-refractivity contribution in [2.75, 3.05) is 0 Å². The van der Waals surface area contributed by atoms with E-state index in [2.05, 4.69) is 5.32 Å². The van der Waals surface area contributed by atoms with Gasteiger partial charge in [-0.05, 0) is 31.1 Å². The highest BCUT2D eigenvalue weighted by atomic mass is 16.1. The molecular formula is C11H19NO. The fourth-order valence-electron chi connectivity index (χ4n) is 3.17. The highest BCUT2D eigenvalue weighted by Gasteiger charge is 2.37. The van der Waals surface area contributed by atoms with Gasteiger partial charge in [0.25, 0.3) is 0 Å². The van der Waals surface area contributed by atoms with E-state index in [1.807, 2.05) is 0 Å². The lowest BCUT2D eigenvalue weighted by Crippen LogP contribution is -2.38. The van der Waals surface area contributed by atoms with E-state index in [1.54, 1.807) is 6.92 Å². The minimum atomic E-state index is 0.149. The van der Waals surface area contributed by atoms with Crippen molar-refractivity contribution in [3.63, 3.8) is 0 Å². The van der Waals surface area contributed by atoms with Crippen LogP contribution in [-0.2, 0) is 4.79 Å². The van der Waals surface area contributed by atoms with E-state index in [1.165, 1.54) is 38.5 Å². The summed E-state index contributed by atoms with van der Waals surface area (Å²) < 4.78 is 0. The van der Waals surface area contributed by atoms with Crippen molar-refractivity contribution in [1.82, 2.24) is 5.32 Å². The molecule has 2 fully saturated rings. The Balaban J connectivity index is 1.94. The van der Waals surface area contributed by atoms with Crippen LogP contribution in [0, 0.1) is 11.8 Å². The predicted octanol–water partition coefficient (Wildman–Crippen LogP) is 2.09. The summed E-state index contributed by atoms with van der Waals surface area (Å²) in [5, 5.41) is 3.10. The zero-order valence-electron chi connectivity index (χ0n) is 8.38. The monoisotopic (exact) mass is 181 g/mol. The third-order valence-corrected chi connectivity index (χ3v) is 3.72. The second-order valence-corrected chi connectivity index (χ2v) is 4.59. The molecule has 3 atom stereocenters. The summed E-state index contributed by atoms with van der Waals surface area (Å²) >= 11 is 0. The molecular weight excluding hydrogens is 162 g/mol. The summed E-state index contributed by atoms with van der Waals surface area (Å²) in [5.41, 5.74) is 0. The Labute approximate surface area is 80.1 Å². The number of fused-ring (bicyclic) bond motifs is 1. The van der Waals surface area contributed by atoms with Gasteiger partial charge in [-0.2, -0.15) is 0 Å². The lowest BCUT2D eigenvalue weighted by Gasteiger charge is -2.29. The Hall–Kier alpha value is -0.530. The smallest absolute Gasteiger partial charge is 0.217 e. The molecule has 0 aliphatic heterocycles. The van der Waals surface area contributed by atoms with E-state index < -0.39 is 0 Å². The van der Waals surface area contributed by atoms with Gasteiger partial charge in [0.1, 0.15) is 0 Å². The van der Waals surface area contributed by atoms with Crippen LogP contribution in [0.15, 0.2) is 0 Å².